The van der Waals surface area contributed by atoms with Gasteiger partial charge in [-0.05, 0) is 172 Å². The molecular weight excluding hydrogens is 1670 g/mol. The maximum atomic E-state index is 6.42. The van der Waals surface area contributed by atoms with Crippen LogP contribution in [0, 0.1) is 0 Å². The number of benzene rings is 19. The first kappa shape index (κ1) is 77.0. The van der Waals surface area contributed by atoms with Gasteiger partial charge in [0.2, 0.25) is 0 Å². The molecule has 12 nitrogen and oxygen atoms in total. The fourth-order valence-corrected chi connectivity index (χ4v) is 21.2. The fourth-order valence-electron chi connectivity index (χ4n) is 20.0. The van der Waals surface area contributed by atoms with Gasteiger partial charge < -0.3 is 26.8 Å². The summed E-state index contributed by atoms with van der Waals surface area (Å²) in [6.07, 6.45) is 0. The van der Waals surface area contributed by atoms with Crippen LogP contribution >= 0.6 is 11.3 Å². The summed E-state index contributed by atoms with van der Waals surface area (Å²) in [4.78, 5) is 30.8. The van der Waals surface area contributed by atoms with Crippen LogP contribution in [0.1, 0.15) is 0 Å². The molecule has 0 aliphatic rings. The van der Waals surface area contributed by atoms with Gasteiger partial charge in [0, 0.05) is 119 Å². The molecule has 10 heterocycles. The van der Waals surface area contributed by atoms with Crippen LogP contribution in [0.3, 0.4) is 0 Å². The van der Waals surface area contributed by atoms with E-state index in [1.165, 1.54) is 85.3 Å². The molecular formula is C122H72N8O4S. The molecule has 630 valence electrons. The molecule has 29 rings (SSSR count). The van der Waals surface area contributed by atoms with E-state index in [0.29, 0.717) is 34.2 Å². The average molecular weight is 1750 g/mol. The molecule has 0 atom stereocenters. The Balaban J connectivity index is 0.000000103. The van der Waals surface area contributed by atoms with Crippen molar-refractivity contribution in [2.75, 3.05) is 0 Å². The molecule has 0 aliphatic carbocycles. The van der Waals surface area contributed by atoms with Gasteiger partial charge in [0.25, 0.3) is 0 Å². The van der Waals surface area contributed by atoms with Crippen LogP contribution < -0.4 is 0 Å². The zero-order valence-electron chi connectivity index (χ0n) is 72.2. The standard InChI is InChI=1S/2C44H27N3O.C34H18N2O2S/c1-3-13-29(14-4-1)40-43-41(36-20-9-10-21-39(36)48-43)46-44(45-40)32-16-11-15-30(26-32)31-23-25-38-37(27-31)35-24-22-28-12-7-8-19-34(28)42(35)47(38)33-17-5-2-6-18-33;1-3-12-28(13-4-1)41-43-42(35-20-9-10-21-40(35)48-43)46-44(45-41)33-17-11-16-29(24-33)32-22-23-38-36(26-32)37-25-30-14-7-8-15-31(30)27-39(37)47(38)34-18-5-2-6-19-34;1-4-16-26-19(9-1)21-12-7-14-24(31(21)37-26)30-32-29(23-11-2-5-17-27(23)38-32)35-34(36-30)25-15-8-13-22-20-10-3-6-18-28(20)39-33(22)25/h2*1-27H;1-18H. The van der Waals surface area contributed by atoms with Crippen molar-refractivity contribution in [3.8, 4) is 102 Å². The largest absolute Gasteiger partial charge is 0.455 e. The number of rotatable bonds is 10. The number of furan rings is 4. The summed E-state index contributed by atoms with van der Waals surface area (Å²) in [5.41, 5.74) is 28.3. The minimum atomic E-state index is 0.663. The molecule has 19 aromatic carbocycles. The highest BCUT2D eigenvalue weighted by Crippen LogP contribution is 2.48. The van der Waals surface area contributed by atoms with E-state index in [1.54, 1.807) is 11.3 Å². The van der Waals surface area contributed by atoms with Gasteiger partial charge >= 0.3 is 0 Å². The average Bonchev–Trinajstić information content (AvgIpc) is 1.27. The van der Waals surface area contributed by atoms with Crippen LogP contribution in [0.5, 0.6) is 0 Å². The summed E-state index contributed by atoms with van der Waals surface area (Å²) in [5, 5.41) is 17.4. The lowest BCUT2D eigenvalue weighted by atomic mass is 9.99. The van der Waals surface area contributed by atoms with E-state index >= 15 is 0 Å². The summed E-state index contributed by atoms with van der Waals surface area (Å²) in [6, 6.07) is 152. The van der Waals surface area contributed by atoms with Crippen molar-refractivity contribution >= 4 is 185 Å². The van der Waals surface area contributed by atoms with Gasteiger partial charge in [0.1, 0.15) is 61.5 Å². The monoisotopic (exact) mass is 1740 g/mol. The summed E-state index contributed by atoms with van der Waals surface area (Å²) in [7, 11) is 0. The van der Waals surface area contributed by atoms with Crippen LogP contribution in [0.25, 0.3) is 275 Å². The van der Waals surface area contributed by atoms with E-state index in [1.807, 2.05) is 109 Å². The minimum absolute atomic E-state index is 0.663. The SMILES string of the molecule is c1ccc(-c2nc(-c3cccc(-c4ccc5c(c4)c4cc6ccccc6cc4n5-c4ccccc4)c3)nc3c2oc2ccccc23)cc1.c1ccc(-c2nc(-c3cccc(-c4ccc5c(c4)c4ccc6ccccc6c4n5-c4ccccc4)c3)nc3c2oc2ccccc23)cc1.c1ccc2c(c1)oc1c(-c3nc(-c4cccc5c4sc4ccccc45)nc4c3oc3ccccc34)cccc12. The van der Waals surface area contributed by atoms with E-state index in [4.69, 9.17) is 47.6 Å². The van der Waals surface area contributed by atoms with Gasteiger partial charge in [-0.2, -0.15) is 0 Å². The fraction of sp³-hybridized carbons (Fsp3) is 0. The highest BCUT2D eigenvalue weighted by Gasteiger charge is 2.27. The van der Waals surface area contributed by atoms with E-state index in [0.717, 1.165) is 155 Å². The number of hydrogen-bond acceptors (Lipinski definition) is 11. The van der Waals surface area contributed by atoms with Gasteiger partial charge in [0.05, 0.1) is 22.1 Å². The Bertz CT molecular complexity index is 9640. The minimum Gasteiger partial charge on any atom is -0.455 e. The molecule has 0 saturated heterocycles. The van der Waals surface area contributed by atoms with Crippen LogP contribution in [0.4, 0.5) is 0 Å². The van der Waals surface area contributed by atoms with Crippen LogP contribution in [0.2, 0.25) is 0 Å². The Morgan fingerprint density at radius 2 is 0.593 bits per heavy atom. The normalized spacial score (nSPS) is 11.9. The van der Waals surface area contributed by atoms with Gasteiger partial charge in [-0.1, -0.05) is 303 Å². The molecule has 0 saturated carbocycles. The van der Waals surface area contributed by atoms with Gasteiger partial charge in [-0.3, -0.25) is 0 Å². The Kier molecular flexibility index (Phi) is 17.9. The number of nitrogens with zero attached hydrogens (tertiary/aromatic N) is 8. The summed E-state index contributed by atoms with van der Waals surface area (Å²) >= 11 is 1.78. The molecule has 0 unspecified atom stereocenters. The maximum absolute atomic E-state index is 6.42. The lowest BCUT2D eigenvalue weighted by Crippen LogP contribution is -1.94. The number of aromatic nitrogens is 8. The highest BCUT2D eigenvalue weighted by atomic mass is 32.1. The molecule has 0 spiro atoms. The predicted molar refractivity (Wildman–Crippen MR) is 555 cm³/mol. The van der Waals surface area contributed by atoms with E-state index in [2.05, 4.69) is 337 Å². The second-order valence-corrected chi connectivity index (χ2v) is 35.2. The molecule has 0 aliphatic heterocycles. The van der Waals surface area contributed by atoms with Gasteiger partial charge in [0.15, 0.2) is 34.2 Å². The second-order valence-electron chi connectivity index (χ2n) is 34.2. The smallest absolute Gasteiger partial charge is 0.180 e. The zero-order chi connectivity index (χ0) is 88.7. The van der Waals surface area contributed by atoms with Crippen molar-refractivity contribution < 1.29 is 17.7 Å². The van der Waals surface area contributed by atoms with Crippen molar-refractivity contribution in [2.24, 2.45) is 0 Å². The molecule has 0 radical (unpaired) electrons. The topological polar surface area (TPSA) is 140 Å². The molecule has 135 heavy (non-hydrogen) atoms. The third kappa shape index (κ3) is 12.9. The molecule has 0 bridgehead atoms. The molecule has 10 aromatic heterocycles. The van der Waals surface area contributed by atoms with Gasteiger partial charge in [-0.15, -0.1) is 11.3 Å². The second kappa shape index (κ2) is 31.4. The lowest BCUT2D eigenvalue weighted by molar-refractivity contribution is 0.663. The molecule has 0 amide bonds. The van der Waals surface area contributed by atoms with Crippen LogP contribution in [-0.2, 0) is 0 Å². The predicted octanol–water partition coefficient (Wildman–Crippen LogP) is 33.2. The van der Waals surface area contributed by atoms with E-state index in [9.17, 15) is 0 Å². The quantitative estimate of drug-likeness (QED) is 0.130. The zero-order valence-corrected chi connectivity index (χ0v) is 73.0. The van der Waals surface area contributed by atoms with Crippen molar-refractivity contribution in [1.29, 1.82) is 0 Å². The van der Waals surface area contributed by atoms with Crippen molar-refractivity contribution in [2.45, 2.75) is 0 Å². The summed E-state index contributed by atoms with van der Waals surface area (Å²) in [5.74, 6) is 2.01. The summed E-state index contributed by atoms with van der Waals surface area (Å²) in [6.45, 7) is 0. The highest BCUT2D eigenvalue weighted by molar-refractivity contribution is 7.26. The number of fused-ring (bicyclic) bond motifs is 24. The van der Waals surface area contributed by atoms with Gasteiger partial charge in [-0.25, -0.2) is 29.9 Å². The Morgan fingerprint density at radius 3 is 1.18 bits per heavy atom. The Hall–Kier alpha value is -18.0. The molecule has 13 heteroatoms. The number of hydrogen-bond donors (Lipinski definition) is 0. The van der Waals surface area contributed by atoms with Crippen molar-refractivity contribution in [3.05, 3.63) is 437 Å². The molecule has 0 fully saturated rings. The Morgan fingerprint density at radius 1 is 0.200 bits per heavy atom. The number of thiophene rings is 1. The van der Waals surface area contributed by atoms with Crippen LogP contribution in [-0.4, -0.2) is 39.0 Å². The third-order valence-corrected chi connectivity index (χ3v) is 27.5. The summed E-state index contributed by atoms with van der Waals surface area (Å²) < 4.78 is 32.7. The van der Waals surface area contributed by atoms with E-state index < -0.39 is 0 Å². The van der Waals surface area contributed by atoms with E-state index in [-0.39, 0.29) is 0 Å². The Labute approximate surface area is 774 Å². The van der Waals surface area contributed by atoms with Crippen LogP contribution in [0.15, 0.2) is 454 Å². The third-order valence-electron chi connectivity index (χ3n) is 26.3. The first-order valence-corrected chi connectivity index (χ1v) is 46.0. The lowest BCUT2D eigenvalue weighted by Gasteiger charge is -2.10. The molecule has 29 aromatic rings. The first-order chi connectivity index (χ1) is 66.9. The number of para-hydroxylation sites is 7. The first-order valence-electron chi connectivity index (χ1n) is 45.2. The molecule has 0 N–H and O–H groups in total. The van der Waals surface area contributed by atoms with Crippen molar-refractivity contribution in [1.82, 2.24) is 39.0 Å². The van der Waals surface area contributed by atoms with Crippen molar-refractivity contribution in [3.63, 3.8) is 0 Å². The maximum Gasteiger partial charge on any atom is 0.180 e.